The Balaban J connectivity index is 2.31. The number of piperidine rings is 1. The third kappa shape index (κ3) is 2.86. The minimum atomic E-state index is -0.322. The number of aromatic nitrogens is 2. The van der Waals surface area contributed by atoms with Crippen molar-refractivity contribution >= 4 is 17.7 Å². The zero-order chi connectivity index (χ0) is 13.8. The standard InChI is InChI=1S/C12H18N4O3/c1-18-10-7-9(14-12(13)15-10)16-6-4-3-5-8(16)11(17)19-2/h7-8H,3-6H2,1-2H3,(H2,13,14,15). The lowest BCUT2D eigenvalue weighted by Gasteiger charge is -2.34. The van der Waals surface area contributed by atoms with E-state index in [0.717, 1.165) is 25.8 Å². The number of hydrogen-bond donors (Lipinski definition) is 1. The summed E-state index contributed by atoms with van der Waals surface area (Å²) in [5.74, 6) is 0.857. The van der Waals surface area contributed by atoms with E-state index in [-0.39, 0.29) is 18.0 Å². The minimum absolute atomic E-state index is 0.128. The van der Waals surface area contributed by atoms with E-state index in [1.165, 1.54) is 14.2 Å². The van der Waals surface area contributed by atoms with Gasteiger partial charge in [-0.05, 0) is 19.3 Å². The molecule has 7 nitrogen and oxygen atoms in total. The normalized spacial score (nSPS) is 19.1. The van der Waals surface area contributed by atoms with E-state index in [9.17, 15) is 4.79 Å². The van der Waals surface area contributed by atoms with Crippen molar-refractivity contribution in [2.45, 2.75) is 25.3 Å². The van der Waals surface area contributed by atoms with Gasteiger partial charge in [-0.2, -0.15) is 9.97 Å². The summed E-state index contributed by atoms with van der Waals surface area (Å²) in [6, 6.07) is 1.36. The Morgan fingerprint density at radius 2 is 2.21 bits per heavy atom. The summed E-state index contributed by atoms with van der Waals surface area (Å²) in [6.07, 6.45) is 2.74. The first-order valence-electron chi connectivity index (χ1n) is 6.18. The highest BCUT2D eigenvalue weighted by Gasteiger charge is 2.30. The van der Waals surface area contributed by atoms with Crippen molar-refractivity contribution in [3.8, 4) is 5.88 Å². The second-order valence-corrected chi connectivity index (χ2v) is 4.35. The van der Waals surface area contributed by atoms with Gasteiger partial charge in [0.25, 0.3) is 0 Å². The fourth-order valence-corrected chi connectivity index (χ4v) is 2.27. The number of nitrogen functional groups attached to an aromatic ring is 1. The summed E-state index contributed by atoms with van der Waals surface area (Å²) in [5, 5.41) is 0. The molecule has 0 radical (unpaired) electrons. The molecule has 1 fully saturated rings. The molecule has 2 N–H and O–H groups in total. The van der Waals surface area contributed by atoms with Crippen LogP contribution in [-0.2, 0) is 9.53 Å². The van der Waals surface area contributed by atoms with E-state index in [1.807, 2.05) is 4.90 Å². The summed E-state index contributed by atoms with van der Waals surface area (Å²) >= 11 is 0. The van der Waals surface area contributed by atoms with Crippen LogP contribution < -0.4 is 15.4 Å². The number of anilines is 2. The first-order valence-corrected chi connectivity index (χ1v) is 6.18. The van der Waals surface area contributed by atoms with Gasteiger partial charge in [0.05, 0.1) is 14.2 Å². The lowest BCUT2D eigenvalue weighted by molar-refractivity contribution is -0.142. The number of rotatable bonds is 3. The highest BCUT2D eigenvalue weighted by Crippen LogP contribution is 2.26. The largest absolute Gasteiger partial charge is 0.481 e. The van der Waals surface area contributed by atoms with Crippen molar-refractivity contribution < 1.29 is 14.3 Å². The highest BCUT2D eigenvalue weighted by atomic mass is 16.5. The Hall–Kier alpha value is -2.05. The summed E-state index contributed by atoms with van der Waals surface area (Å²) in [6.45, 7) is 0.735. The Bertz CT molecular complexity index is 466. The third-order valence-electron chi connectivity index (χ3n) is 3.19. The molecule has 104 valence electrons. The summed E-state index contributed by atoms with van der Waals surface area (Å²) < 4.78 is 9.92. The zero-order valence-electron chi connectivity index (χ0n) is 11.1. The van der Waals surface area contributed by atoms with Crippen LogP contribution in [0.15, 0.2) is 6.07 Å². The second-order valence-electron chi connectivity index (χ2n) is 4.35. The number of nitrogens with zero attached hydrogens (tertiary/aromatic N) is 3. The molecule has 2 rings (SSSR count). The Morgan fingerprint density at radius 3 is 2.89 bits per heavy atom. The van der Waals surface area contributed by atoms with Crippen LogP contribution in [0, 0.1) is 0 Å². The van der Waals surface area contributed by atoms with Gasteiger partial charge in [0.1, 0.15) is 11.9 Å². The maximum atomic E-state index is 11.8. The molecular formula is C12H18N4O3. The van der Waals surface area contributed by atoms with E-state index < -0.39 is 0 Å². The number of nitrogens with two attached hydrogens (primary N) is 1. The fourth-order valence-electron chi connectivity index (χ4n) is 2.27. The molecule has 0 amide bonds. The molecule has 1 aliphatic heterocycles. The van der Waals surface area contributed by atoms with Crippen molar-refractivity contribution in [1.29, 1.82) is 0 Å². The van der Waals surface area contributed by atoms with Crippen molar-refractivity contribution in [3.05, 3.63) is 6.07 Å². The van der Waals surface area contributed by atoms with Gasteiger partial charge in [0.15, 0.2) is 0 Å². The predicted octanol–water partition coefficient (Wildman–Crippen LogP) is 0.599. The number of carbonyl (C=O) groups excluding carboxylic acids is 1. The molecule has 1 unspecified atom stereocenters. The molecule has 1 saturated heterocycles. The Morgan fingerprint density at radius 1 is 1.42 bits per heavy atom. The number of ether oxygens (including phenoxy) is 2. The SMILES string of the molecule is COC(=O)C1CCCCN1c1cc(OC)nc(N)n1. The van der Waals surface area contributed by atoms with Crippen molar-refractivity contribution in [2.24, 2.45) is 0 Å². The zero-order valence-corrected chi connectivity index (χ0v) is 11.1. The smallest absolute Gasteiger partial charge is 0.328 e. The first-order chi connectivity index (χ1) is 9.15. The van der Waals surface area contributed by atoms with Crippen LogP contribution in [0.25, 0.3) is 0 Å². The first kappa shape index (κ1) is 13.4. The summed E-state index contributed by atoms with van der Waals surface area (Å²) in [5.41, 5.74) is 5.65. The van der Waals surface area contributed by atoms with Gasteiger partial charge in [-0.1, -0.05) is 0 Å². The van der Waals surface area contributed by atoms with Gasteiger partial charge in [0, 0.05) is 12.6 Å². The average molecular weight is 266 g/mol. The van der Waals surface area contributed by atoms with E-state index in [1.54, 1.807) is 6.07 Å². The van der Waals surface area contributed by atoms with Crippen LogP contribution in [-0.4, -0.2) is 42.7 Å². The van der Waals surface area contributed by atoms with E-state index in [0.29, 0.717) is 11.7 Å². The number of methoxy groups -OCH3 is 2. The molecule has 1 aromatic heterocycles. The van der Waals surface area contributed by atoms with E-state index in [2.05, 4.69) is 9.97 Å². The molecule has 0 aromatic carbocycles. The second kappa shape index (κ2) is 5.73. The molecular weight excluding hydrogens is 248 g/mol. The Kier molecular flexibility index (Phi) is 4.03. The maximum absolute atomic E-state index is 11.8. The molecule has 1 aliphatic rings. The minimum Gasteiger partial charge on any atom is -0.481 e. The van der Waals surface area contributed by atoms with Gasteiger partial charge < -0.3 is 20.1 Å². The molecule has 1 atom stereocenters. The average Bonchev–Trinajstić information content (AvgIpc) is 2.45. The maximum Gasteiger partial charge on any atom is 0.328 e. The van der Waals surface area contributed by atoms with Crippen LogP contribution in [0.5, 0.6) is 5.88 Å². The van der Waals surface area contributed by atoms with Crippen molar-refractivity contribution in [3.63, 3.8) is 0 Å². The quantitative estimate of drug-likeness (QED) is 0.801. The number of esters is 1. The topological polar surface area (TPSA) is 90.6 Å². The van der Waals surface area contributed by atoms with Crippen LogP contribution in [0.4, 0.5) is 11.8 Å². The van der Waals surface area contributed by atoms with Gasteiger partial charge in [-0.25, -0.2) is 4.79 Å². The van der Waals surface area contributed by atoms with Crippen molar-refractivity contribution in [2.75, 3.05) is 31.4 Å². The van der Waals surface area contributed by atoms with Crippen LogP contribution in [0.1, 0.15) is 19.3 Å². The van der Waals surface area contributed by atoms with Gasteiger partial charge >= 0.3 is 5.97 Å². The third-order valence-corrected chi connectivity index (χ3v) is 3.19. The highest BCUT2D eigenvalue weighted by molar-refractivity contribution is 5.80. The lowest BCUT2D eigenvalue weighted by Crippen LogP contribution is -2.45. The molecule has 0 aliphatic carbocycles. The monoisotopic (exact) mass is 266 g/mol. The van der Waals surface area contributed by atoms with Gasteiger partial charge in [0.2, 0.25) is 11.8 Å². The predicted molar refractivity (Wildman–Crippen MR) is 70.0 cm³/mol. The summed E-state index contributed by atoms with van der Waals surface area (Å²) in [7, 11) is 2.91. The molecule has 7 heteroatoms. The van der Waals surface area contributed by atoms with Crippen LogP contribution in [0.2, 0.25) is 0 Å². The number of hydrogen-bond acceptors (Lipinski definition) is 7. The van der Waals surface area contributed by atoms with E-state index >= 15 is 0 Å². The Labute approximate surface area is 111 Å². The number of carbonyl (C=O) groups is 1. The van der Waals surface area contributed by atoms with Gasteiger partial charge in [-0.15, -0.1) is 0 Å². The van der Waals surface area contributed by atoms with Gasteiger partial charge in [-0.3, -0.25) is 0 Å². The molecule has 2 heterocycles. The molecule has 1 aromatic rings. The molecule has 0 bridgehead atoms. The molecule has 0 spiro atoms. The van der Waals surface area contributed by atoms with Crippen molar-refractivity contribution in [1.82, 2.24) is 9.97 Å². The lowest BCUT2D eigenvalue weighted by atomic mass is 10.0. The van der Waals surface area contributed by atoms with Crippen LogP contribution in [0.3, 0.4) is 0 Å². The van der Waals surface area contributed by atoms with Crippen LogP contribution >= 0.6 is 0 Å². The molecule has 0 saturated carbocycles. The summed E-state index contributed by atoms with van der Waals surface area (Å²) in [4.78, 5) is 21.8. The molecule has 19 heavy (non-hydrogen) atoms. The van der Waals surface area contributed by atoms with E-state index in [4.69, 9.17) is 15.2 Å². The fraction of sp³-hybridized carbons (Fsp3) is 0.583.